The van der Waals surface area contributed by atoms with E-state index in [4.69, 9.17) is 4.74 Å². The highest BCUT2D eigenvalue weighted by molar-refractivity contribution is 5.71. The molecule has 3 atom stereocenters. The molecule has 0 bridgehead atoms. The third-order valence-electron chi connectivity index (χ3n) is 4.71. The predicted octanol–water partition coefficient (Wildman–Crippen LogP) is 5.07. The lowest BCUT2D eigenvalue weighted by Gasteiger charge is -2.22. The van der Waals surface area contributed by atoms with Crippen LogP contribution in [0.5, 0.6) is 5.75 Å². The number of pyridine rings is 1. The van der Waals surface area contributed by atoms with E-state index in [1.165, 1.54) is 6.07 Å². The van der Waals surface area contributed by atoms with Gasteiger partial charge in [0.15, 0.2) is 0 Å². The maximum Gasteiger partial charge on any atom is 0.416 e. The van der Waals surface area contributed by atoms with Crippen LogP contribution >= 0.6 is 0 Å². The standard InChI is InChI=1S/C20H23F3N2O/c1-13-3-5-17(25-13)11-14(2)26-19-6-4-16(20(21,22)23)12-18(19)15-7-9-24-10-8-15/h4,6-10,12-14,17,25H,3,5,11H2,1-2H3. The Morgan fingerprint density at radius 3 is 2.54 bits per heavy atom. The average Bonchev–Trinajstić information content (AvgIpc) is 2.99. The highest BCUT2D eigenvalue weighted by Crippen LogP contribution is 2.37. The molecule has 0 spiro atoms. The second-order valence-electron chi connectivity index (χ2n) is 6.95. The summed E-state index contributed by atoms with van der Waals surface area (Å²) in [4.78, 5) is 3.94. The van der Waals surface area contributed by atoms with Crippen molar-refractivity contribution in [1.29, 1.82) is 0 Å². The van der Waals surface area contributed by atoms with Crippen LogP contribution in [-0.2, 0) is 6.18 Å². The van der Waals surface area contributed by atoms with Crippen LogP contribution < -0.4 is 10.1 Å². The molecule has 140 valence electrons. The Balaban J connectivity index is 1.83. The first-order valence-electron chi connectivity index (χ1n) is 8.87. The molecule has 1 aliphatic heterocycles. The zero-order chi connectivity index (χ0) is 18.7. The fourth-order valence-corrected chi connectivity index (χ4v) is 3.44. The quantitative estimate of drug-likeness (QED) is 0.805. The maximum absolute atomic E-state index is 13.1. The van der Waals surface area contributed by atoms with Crippen molar-refractivity contribution in [2.75, 3.05) is 0 Å². The fraction of sp³-hybridized carbons (Fsp3) is 0.450. The van der Waals surface area contributed by atoms with Crippen LogP contribution in [0.3, 0.4) is 0 Å². The molecule has 1 aromatic carbocycles. The summed E-state index contributed by atoms with van der Waals surface area (Å²) in [5.74, 6) is 0.461. The first kappa shape index (κ1) is 18.7. The van der Waals surface area contributed by atoms with Crippen molar-refractivity contribution in [3.05, 3.63) is 48.3 Å². The Morgan fingerprint density at radius 1 is 1.19 bits per heavy atom. The second-order valence-corrected chi connectivity index (χ2v) is 6.95. The van der Waals surface area contributed by atoms with Gasteiger partial charge in [-0.05, 0) is 69.0 Å². The van der Waals surface area contributed by atoms with Crippen LogP contribution in [0.25, 0.3) is 11.1 Å². The summed E-state index contributed by atoms with van der Waals surface area (Å²) < 4.78 is 45.4. The van der Waals surface area contributed by atoms with Crippen molar-refractivity contribution < 1.29 is 17.9 Å². The fourth-order valence-electron chi connectivity index (χ4n) is 3.44. The summed E-state index contributed by atoms with van der Waals surface area (Å²) >= 11 is 0. The molecular formula is C20H23F3N2O. The summed E-state index contributed by atoms with van der Waals surface area (Å²) in [6.07, 6.45) is 1.69. The van der Waals surface area contributed by atoms with Gasteiger partial charge in [0, 0.05) is 30.0 Å². The molecule has 0 amide bonds. The maximum atomic E-state index is 13.1. The average molecular weight is 364 g/mol. The van der Waals surface area contributed by atoms with Crippen LogP contribution in [0.1, 0.15) is 38.7 Å². The van der Waals surface area contributed by atoms with Gasteiger partial charge in [0.2, 0.25) is 0 Å². The van der Waals surface area contributed by atoms with Gasteiger partial charge in [-0.3, -0.25) is 4.98 Å². The van der Waals surface area contributed by atoms with Crippen LogP contribution in [0, 0.1) is 0 Å². The van der Waals surface area contributed by atoms with E-state index in [2.05, 4.69) is 17.2 Å². The van der Waals surface area contributed by atoms with Gasteiger partial charge in [-0.15, -0.1) is 0 Å². The Labute approximate surface area is 151 Å². The Morgan fingerprint density at radius 2 is 1.92 bits per heavy atom. The first-order chi connectivity index (χ1) is 12.3. The Bertz CT molecular complexity index is 734. The first-order valence-corrected chi connectivity index (χ1v) is 8.87. The van der Waals surface area contributed by atoms with Crippen molar-refractivity contribution >= 4 is 0 Å². The summed E-state index contributed by atoms with van der Waals surface area (Å²) in [6, 6.07) is 7.90. The molecule has 1 N–H and O–H groups in total. The van der Waals surface area contributed by atoms with Gasteiger partial charge in [0.25, 0.3) is 0 Å². The molecule has 1 saturated heterocycles. The van der Waals surface area contributed by atoms with Gasteiger partial charge in [0.05, 0.1) is 11.7 Å². The molecule has 6 heteroatoms. The molecular weight excluding hydrogens is 341 g/mol. The number of aromatic nitrogens is 1. The van der Waals surface area contributed by atoms with E-state index >= 15 is 0 Å². The molecule has 1 aliphatic rings. The zero-order valence-corrected chi connectivity index (χ0v) is 14.9. The van der Waals surface area contributed by atoms with E-state index in [1.807, 2.05) is 6.92 Å². The van der Waals surface area contributed by atoms with E-state index in [0.29, 0.717) is 29.0 Å². The smallest absolute Gasteiger partial charge is 0.416 e. The highest BCUT2D eigenvalue weighted by Gasteiger charge is 2.31. The topological polar surface area (TPSA) is 34.1 Å². The van der Waals surface area contributed by atoms with Crippen molar-refractivity contribution in [1.82, 2.24) is 10.3 Å². The van der Waals surface area contributed by atoms with Crippen LogP contribution in [0.4, 0.5) is 13.2 Å². The highest BCUT2D eigenvalue weighted by atomic mass is 19.4. The number of benzene rings is 1. The summed E-state index contributed by atoms with van der Waals surface area (Å²) in [5.41, 5.74) is 0.401. The van der Waals surface area contributed by atoms with E-state index in [1.54, 1.807) is 24.5 Å². The molecule has 1 aromatic heterocycles. The molecule has 2 aromatic rings. The molecule has 3 nitrogen and oxygen atoms in total. The van der Waals surface area contributed by atoms with Crippen molar-refractivity contribution in [2.24, 2.45) is 0 Å². The molecule has 0 radical (unpaired) electrons. The van der Waals surface area contributed by atoms with Gasteiger partial charge in [0.1, 0.15) is 5.75 Å². The van der Waals surface area contributed by atoms with Crippen LogP contribution in [0.15, 0.2) is 42.7 Å². The number of hydrogen-bond donors (Lipinski definition) is 1. The molecule has 0 saturated carbocycles. The second kappa shape index (κ2) is 7.66. The number of halogens is 3. The monoisotopic (exact) mass is 364 g/mol. The molecule has 2 heterocycles. The van der Waals surface area contributed by atoms with E-state index < -0.39 is 11.7 Å². The van der Waals surface area contributed by atoms with Gasteiger partial charge < -0.3 is 10.1 Å². The van der Waals surface area contributed by atoms with Gasteiger partial charge in [-0.1, -0.05) is 0 Å². The van der Waals surface area contributed by atoms with E-state index in [0.717, 1.165) is 31.4 Å². The number of nitrogens with zero attached hydrogens (tertiary/aromatic N) is 1. The summed E-state index contributed by atoms with van der Waals surface area (Å²) in [7, 11) is 0. The van der Waals surface area contributed by atoms with Crippen molar-refractivity contribution in [3.8, 4) is 16.9 Å². The van der Waals surface area contributed by atoms with Crippen LogP contribution in [-0.4, -0.2) is 23.2 Å². The SMILES string of the molecule is CC1CCC(CC(C)Oc2ccc(C(F)(F)F)cc2-c2ccncc2)N1. The van der Waals surface area contributed by atoms with Gasteiger partial charge in [-0.2, -0.15) is 13.2 Å². The molecule has 1 fully saturated rings. The van der Waals surface area contributed by atoms with Crippen LogP contribution in [0.2, 0.25) is 0 Å². The lowest BCUT2D eigenvalue weighted by molar-refractivity contribution is -0.137. The minimum absolute atomic E-state index is 0.102. The van der Waals surface area contributed by atoms with E-state index in [9.17, 15) is 13.2 Å². The number of alkyl halides is 3. The summed E-state index contributed by atoms with van der Waals surface area (Å²) in [5, 5.41) is 3.51. The molecule has 3 unspecified atom stereocenters. The minimum Gasteiger partial charge on any atom is -0.490 e. The third-order valence-corrected chi connectivity index (χ3v) is 4.71. The minimum atomic E-state index is -4.39. The number of ether oxygens (including phenoxy) is 1. The third kappa shape index (κ3) is 4.55. The van der Waals surface area contributed by atoms with Gasteiger partial charge in [-0.25, -0.2) is 0 Å². The van der Waals surface area contributed by atoms with E-state index in [-0.39, 0.29) is 6.10 Å². The normalized spacial score (nSPS) is 21.6. The number of hydrogen-bond acceptors (Lipinski definition) is 3. The molecule has 26 heavy (non-hydrogen) atoms. The number of nitrogens with one attached hydrogen (secondary N) is 1. The van der Waals surface area contributed by atoms with Gasteiger partial charge >= 0.3 is 6.18 Å². The lowest BCUT2D eigenvalue weighted by atomic mass is 10.0. The Kier molecular flexibility index (Phi) is 5.51. The lowest BCUT2D eigenvalue weighted by Crippen LogP contribution is -2.31. The Hall–Kier alpha value is -2.08. The summed E-state index contributed by atoms with van der Waals surface area (Å²) in [6.45, 7) is 4.11. The zero-order valence-electron chi connectivity index (χ0n) is 14.9. The largest absolute Gasteiger partial charge is 0.490 e. The molecule has 3 rings (SSSR count). The molecule has 0 aliphatic carbocycles. The van der Waals surface area contributed by atoms with Crippen molar-refractivity contribution in [2.45, 2.75) is 57.5 Å². The predicted molar refractivity (Wildman–Crippen MR) is 95.0 cm³/mol. The van der Waals surface area contributed by atoms with Crippen molar-refractivity contribution in [3.63, 3.8) is 0 Å². The number of rotatable bonds is 5.